The molecule has 0 atom stereocenters. The van der Waals surface area contributed by atoms with E-state index in [-0.39, 0.29) is 12.4 Å². The van der Waals surface area contributed by atoms with Crippen molar-refractivity contribution in [2.75, 3.05) is 5.32 Å². The molecule has 3 rings (SSSR count). The molecule has 23 heavy (non-hydrogen) atoms. The fourth-order valence-corrected chi connectivity index (χ4v) is 2.20. The number of hydrogen-bond donors (Lipinski definition) is 2. The normalized spacial score (nSPS) is 10.5. The standard InChI is InChI=1S/C15H13ClFN5O/c16-12-5-6-14(23-9-10-3-1-2-4-13(10)17)11(7-12)8-18-15-19-21-22-20-15/h1-7H,8-9H2,(H2,18,19,20,21,22). The van der Waals surface area contributed by atoms with Crippen LogP contribution in [0.15, 0.2) is 42.5 Å². The summed E-state index contributed by atoms with van der Waals surface area (Å²) in [6.45, 7) is 0.524. The maximum atomic E-state index is 13.7. The predicted octanol–water partition coefficient (Wildman–Crippen LogP) is 3.18. The molecule has 0 spiro atoms. The molecule has 118 valence electrons. The molecule has 1 aromatic heterocycles. The Morgan fingerprint density at radius 3 is 2.83 bits per heavy atom. The van der Waals surface area contributed by atoms with Gasteiger partial charge in [0.2, 0.25) is 0 Å². The Morgan fingerprint density at radius 1 is 1.17 bits per heavy atom. The van der Waals surface area contributed by atoms with E-state index in [2.05, 4.69) is 25.9 Å². The molecule has 0 aliphatic rings. The average Bonchev–Trinajstić information content (AvgIpc) is 3.07. The summed E-state index contributed by atoms with van der Waals surface area (Å²) in [7, 11) is 0. The molecule has 0 radical (unpaired) electrons. The summed E-state index contributed by atoms with van der Waals surface area (Å²) in [5.41, 5.74) is 1.29. The van der Waals surface area contributed by atoms with Crippen LogP contribution in [0.5, 0.6) is 5.75 Å². The number of aromatic amines is 1. The summed E-state index contributed by atoms with van der Waals surface area (Å²) in [4.78, 5) is 0. The highest BCUT2D eigenvalue weighted by molar-refractivity contribution is 6.30. The molecule has 2 N–H and O–H groups in total. The number of H-pyrrole nitrogens is 1. The van der Waals surface area contributed by atoms with E-state index in [0.717, 1.165) is 5.56 Å². The lowest BCUT2D eigenvalue weighted by Crippen LogP contribution is -2.05. The van der Waals surface area contributed by atoms with E-state index in [1.807, 2.05) is 0 Å². The van der Waals surface area contributed by atoms with Gasteiger partial charge < -0.3 is 10.1 Å². The summed E-state index contributed by atoms with van der Waals surface area (Å²) in [6.07, 6.45) is 0. The number of halogens is 2. The van der Waals surface area contributed by atoms with Crippen LogP contribution in [-0.2, 0) is 13.2 Å². The highest BCUT2D eigenvalue weighted by Crippen LogP contribution is 2.24. The van der Waals surface area contributed by atoms with Crippen molar-refractivity contribution in [1.29, 1.82) is 0 Å². The van der Waals surface area contributed by atoms with Gasteiger partial charge in [-0.1, -0.05) is 34.9 Å². The lowest BCUT2D eigenvalue weighted by molar-refractivity contribution is 0.297. The Kier molecular flexibility index (Phi) is 4.68. The van der Waals surface area contributed by atoms with E-state index in [1.54, 1.807) is 36.4 Å². The molecule has 0 fully saturated rings. The number of anilines is 1. The molecule has 0 saturated carbocycles. The predicted molar refractivity (Wildman–Crippen MR) is 83.7 cm³/mol. The molecule has 0 bridgehead atoms. The van der Waals surface area contributed by atoms with Crippen molar-refractivity contribution in [2.24, 2.45) is 0 Å². The zero-order chi connectivity index (χ0) is 16.1. The minimum atomic E-state index is -0.298. The van der Waals surface area contributed by atoms with Crippen LogP contribution in [0.1, 0.15) is 11.1 Å². The van der Waals surface area contributed by atoms with Gasteiger partial charge in [-0.25, -0.2) is 4.39 Å². The van der Waals surface area contributed by atoms with Gasteiger partial charge in [0.15, 0.2) is 0 Å². The quantitative estimate of drug-likeness (QED) is 0.724. The van der Waals surface area contributed by atoms with E-state index in [4.69, 9.17) is 16.3 Å². The maximum Gasteiger partial charge on any atom is 0.263 e. The van der Waals surface area contributed by atoms with Gasteiger partial charge in [0.25, 0.3) is 5.95 Å². The van der Waals surface area contributed by atoms with E-state index in [1.165, 1.54) is 6.07 Å². The number of rotatable bonds is 6. The van der Waals surface area contributed by atoms with Crippen molar-refractivity contribution in [1.82, 2.24) is 20.6 Å². The number of benzene rings is 2. The van der Waals surface area contributed by atoms with Crippen molar-refractivity contribution in [2.45, 2.75) is 13.2 Å². The van der Waals surface area contributed by atoms with Crippen LogP contribution < -0.4 is 10.1 Å². The van der Waals surface area contributed by atoms with Crippen molar-refractivity contribution >= 4 is 17.5 Å². The third kappa shape index (κ3) is 3.95. The molecule has 3 aromatic rings. The second-order valence-electron chi connectivity index (χ2n) is 4.72. The lowest BCUT2D eigenvalue weighted by Gasteiger charge is -2.12. The molecule has 0 aliphatic carbocycles. The largest absolute Gasteiger partial charge is 0.488 e. The number of nitrogens with zero attached hydrogens (tertiary/aromatic N) is 3. The average molecular weight is 334 g/mol. The van der Waals surface area contributed by atoms with Gasteiger partial charge in [0, 0.05) is 22.7 Å². The molecule has 0 unspecified atom stereocenters. The van der Waals surface area contributed by atoms with Crippen LogP contribution in [0.2, 0.25) is 5.02 Å². The first kappa shape index (κ1) is 15.2. The maximum absolute atomic E-state index is 13.7. The Labute approximate surface area is 136 Å². The Morgan fingerprint density at radius 2 is 2.04 bits per heavy atom. The van der Waals surface area contributed by atoms with Gasteiger partial charge in [-0.05, 0) is 29.5 Å². The van der Waals surface area contributed by atoms with Crippen molar-refractivity contribution in [3.63, 3.8) is 0 Å². The first-order valence-electron chi connectivity index (χ1n) is 6.84. The first-order chi connectivity index (χ1) is 11.2. The molecule has 1 heterocycles. The third-order valence-electron chi connectivity index (χ3n) is 3.15. The topological polar surface area (TPSA) is 75.7 Å². The van der Waals surface area contributed by atoms with E-state index in [0.29, 0.717) is 28.8 Å². The van der Waals surface area contributed by atoms with Crippen LogP contribution in [0.25, 0.3) is 0 Å². The molecule has 0 amide bonds. The monoisotopic (exact) mass is 333 g/mol. The third-order valence-corrected chi connectivity index (χ3v) is 3.38. The summed E-state index contributed by atoms with van der Waals surface area (Å²) < 4.78 is 19.4. The fraction of sp³-hybridized carbons (Fsp3) is 0.133. The number of ether oxygens (including phenoxy) is 1. The molecule has 0 saturated heterocycles. The first-order valence-corrected chi connectivity index (χ1v) is 7.22. The smallest absolute Gasteiger partial charge is 0.263 e. The Balaban J connectivity index is 1.72. The summed E-state index contributed by atoms with van der Waals surface area (Å²) in [6, 6.07) is 11.7. The van der Waals surface area contributed by atoms with Gasteiger partial charge in [0.05, 0.1) is 0 Å². The summed E-state index contributed by atoms with van der Waals surface area (Å²) in [5, 5.41) is 17.0. The van der Waals surface area contributed by atoms with Crippen LogP contribution in [0.4, 0.5) is 10.3 Å². The number of tetrazole rings is 1. The number of hydrogen-bond acceptors (Lipinski definition) is 5. The van der Waals surface area contributed by atoms with Crippen molar-refractivity contribution in [3.8, 4) is 5.75 Å². The minimum Gasteiger partial charge on any atom is -0.488 e. The summed E-state index contributed by atoms with van der Waals surface area (Å²) in [5.74, 6) is 0.673. The Hall–Kier alpha value is -2.67. The lowest BCUT2D eigenvalue weighted by atomic mass is 10.2. The van der Waals surface area contributed by atoms with E-state index >= 15 is 0 Å². The second-order valence-corrected chi connectivity index (χ2v) is 5.16. The Bertz CT molecular complexity index is 781. The van der Waals surface area contributed by atoms with Gasteiger partial charge in [-0.15, -0.1) is 5.10 Å². The van der Waals surface area contributed by atoms with Gasteiger partial charge >= 0.3 is 0 Å². The zero-order valence-corrected chi connectivity index (χ0v) is 12.7. The molecule has 8 heteroatoms. The van der Waals surface area contributed by atoms with Crippen LogP contribution in [0, 0.1) is 5.82 Å². The molecular formula is C15H13ClFN5O. The molecule has 0 aliphatic heterocycles. The van der Waals surface area contributed by atoms with Crippen molar-refractivity contribution in [3.05, 3.63) is 64.4 Å². The number of nitrogens with one attached hydrogen (secondary N) is 2. The van der Waals surface area contributed by atoms with Crippen LogP contribution in [0.3, 0.4) is 0 Å². The highest BCUT2D eigenvalue weighted by Gasteiger charge is 2.08. The fourth-order valence-electron chi connectivity index (χ4n) is 2.01. The van der Waals surface area contributed by atoms with Gasteiger partial charge in [0.1, 0.15) is 18.2 Å². The van der Waals surface area contributed by atoms with E-state index < -0.39 is 0 Å². The molecule has 2 aromatic carbocycles. The number of aromatic nitrogens is 4. The van der Waals surface area contributed by atoms with Crippen LogP contribution in [-0.4, -0.2) is 20.6 Å². The summed E-state index contributed by atoms with van der Waals surface area (Å²) >= 11 is 6.03. The van der Waals surface area contributed by atoms with Crippen molar-refractivity contribution < 1.29 is 9.13 Å². The molecular weight excluding hydrogens is 321 g/mol. The molecule has 6 nitrogen and oxygen atoms in total. The SMILES string of the molecule is Fc1ccccc1COc1ccc(Cl)cc1CNc1nn[nH]n1. The zero-order valence-electron chi connectivity index (χ0n) is 12.0. The van der Waals surface area contributed by atoms with Crippen LogP contribution >= 0.6 is 11.6 Å². The highest BCUT2D eigenvalue weighted by atomic mass is 35.5. The minimum absolute atomic E-state index is 0.128. The van der Waals surface area contributed by atoms with E-state index in [9.17, 15) is 4.39 Å². The van der Waals surface area contributed by atoms with Gasteiger partial charge in [-0.2, -0.15) is 5.21 Å². The van der Waals surface area contributed by atoms with Gasteiger partial charge in [-0.3, -0.25) is 0 Å². The second kappa shape index (κ2) is 7.06.